The van der Waals surface area contributed by atoms with E-state index in [4.69, 9.17) is 24.7 Å². The summed E-state index contributed by atoms with van der Waals surface area (Å²) in [5, 5.41) is 0. The summed E-state index contributed by atoms with van der Waals surface area (Å²) in [6.07, 6.45) is -1.51. The van der Waals surface area contributed by atoms with E-state index in [0.29, 0.717) is 13.2 Å². The van der Waals surface area contributed by atoms with Gasteiger partial charge in [-0.3, -0.25) is 4.79 Å². The van der Waals surface area contributed by atoms with E-state index in [1.165, 1.54) is 7.11 Å². The predicted octanol–water partition coefficient (Wildman–Crippen LogP) is 2.45. The summed E-state index contributed by atoms with van der Waals surface area (Å²) in [7, 11) is 1.36. The second-order valence-corrected chi connectivity index (χ2v) is 6.75. The quantitative estimate of drug-likeness (QED) is 0.668. The second kappa shape index (κ2) is 10.3. The summed E-state index contributed by atoms with van der Waals surface area (Å²) in [5.41, 5.74) is 8.00. The lowest BCUT2D eigenvalue weighted by atomic mass is 10.0. The van der Waals surface area contributed by atoms with Gasteiger partial charge < -0.3 is 24.7 Å². The third-order valence-corrected chi connectivity index (χ3v) is 4.80. The maximum absolute atomic E-state index is 11.8. The average molecular weight is 385 g/mol. The highest BCUT2D eigenvalue weighted by molar-refractivity contribution is 5.70. The summed E-state index contributed by atoms with van der Waals surface area (Å²) in [6, 6.07) is 19.8. The molecule has 1 heterocycles. The molecule has 1 saturated heterocycles. The molecule has 6 nitrogen and oxygen atoms in total. The van der Waals surface area contributed by atoms with E-state index in [2.05, 4.69) is 0 Å². The molecular formula is C22H27NO5. The molecule has 6 heteroatoms. The van der Waals surface area contributed by atoms with Gasteiger partial charge in [-0.15, -0.1) is 0 Å². The van der Waals surface area contributed by atoms with Crippen LogP contribution in [-0.4, -0.2) is 44.0 Å². The van der Waals surface area contributed by atoms with Gasteiger partial charge in [0.05, 0.1) is 39.0 Å². The summed E-state index contributed by atoms with van der Waals surface area (Å²) in [6.45, 7) is 1.10. The summed E-state index contributed by atoms with van der Waals surface area (Å²) in [4.78, 5) is 11.8. The first-order valence-electron chi connectivity index (χ1n) is 9.44. The fraction of sp³-hybridized carbons (Fsp3) is 0.409. The van der Waals surface area contributed by atoms with E-state index in [1.807, 2.05) is 60.7 Å². The van der Waals surface area contributed by atoms with Crippen molar-refractivity contribution >= 4 is 5.97 Å². The molecule has 1 aliphatic heterocycles. The number of benzene rings is 2. The Balaban J connectivity index is 1.72. The summed E-state index contributed by atoms with van der Waals surface area (Å²) in [5.74, 6) is -0.349. The van der Waals surface area contributed by atoms with Crippen molar-refractivity contribution in [2.75, 3.05) is 13.7 Å². The Morgan fingerprint density at radius 2 is 1.39 bits per heavy atom. The van der Waals surface area contributed by atoms with Gasteiger partial charge in [-0.05, 0) is 11.1 Å². The van der Waals surface area contributed by atoms with Crippen molar-refractivity contribution in [1.29, 1.82) is 0 Å². The molecular weight excluding hydrogens is 358 g/mol. The molecule has 1 fully saturated rings. The van der Waals surface area contributed by atoms with Crippen molar-refractivity contribution in [1.82, 2.24) is 0 Å². The van der Waals surface area contributed by atoms with Crippen LogP contribution in [-0.2, 0) is 37.0 Å². The Morgan fingerprint density at radius 3 is 1.86 bits per heavy atom. The van der Waals surface area contributed by atoms with E-state index < -0.39 is 12.2 Å². The summed E-state index contributed by atoms with van der Waals surface area (Å²) < 4.78 is 23.1. The largest absolute Gasteiger partial charge is 0.469 e. The van der Waals surface area contributed by atoms with Crippen molar-refractivity contribution < 1.29 is 23.7 Å². The number of esters is 1. The Hall–Kier alpha value is -2.25. The number of nitrogens with two attached hydrogens (primary N) is 1. The van der Waals surface area contributed by atoms with Crippen molar-refractivity contribution in [3.8, 4) is 0 Å². The van der Waals surface area contributed by atoms with Crippen molar-refractivity contribution in [2.45, 2.75) is 44.1 Å². The van der Waals surface area contributed by atoms with E-state index in [1.54, 1.807) is 0 Å². The van der Waals surface area contributed by atoms with Crippen LogP contribution in [0.15, 0.2) is 60.7 Å². The smallest absolute Gasteiger partial charge is 0.308 e. The molecule has 0 saturated carbocycles. The Morgan fingerprint density at radius 1 is 0.893 bits per heavy atom. The molecule has 0 aliphatic carbocycles. The predicted molar refractivity (Wildman–Crippen MR) is 104 cm³/mol. The van der Waals surface area contributed by atoms with Crippen LogP contribution in [0.5, 0.6) is 0 Å². The van der Waals surface area contributed by atoms with Gasteiger partial charge in [0.15, 0.2) is 0 Å². The van der Waals surface area contributed by atoms with Crippen LogP contribution in [0.2, 0.25) is 0 Å². The summed E-state index contributed by atoms with van der Waals surface area (Å²) >= 11 is 0. The lowest BCUT2D eigenvalue weighted by Crippen LogP contribution is -2.40. The van der Waals surface area contributed by atoms with Gasteiger partial charge in [-0.2, -0.15) is 0 Å². The molecule has 2 aromatic carbocycles. The SMILES string of the molecule is COC(=O)C[C@H]1O[C@@H](CN)[C@H](OCc2ccccc2)[C@H]1OCc1ccccc1. The lowest BCUT2D eigenvalue weighted by Gasteiger charge is -2.24. The number of carbonyl (C=O) groups is 1. The van der Waals surface area contributed by atoms with Crippen LogP contribution >= 0.6 is 0 Å². The lowest BCUT2D eigenvalue weighted by molar-refractivity contribution is -0.145. The minimum Gasteiger partial charge on any atom is -0.469 e. The molecule has 28 heavy (non-hydrogen) atoms. The van der Waals surface area contributed by atoms with Crippen LogP contribution in [0.25, 0.3) is 0 Å². The molecule has 3 rings (SSSR count). The molecule has 1 aliphatic rings. The Kier molecular flexibility index (Phi) is 7.56. The van der Waals surface area contributed by atoms with Crippen molar-refractivity contribution in [3.05, 3.63) is 71.8 Å². The molecule has 0 aromatic heterocycles. The number of rotatable bonds is 9. The van der Waals surface area contributed by atoms with Crippen LogP contribution in [0.4, 0.5) is 0 Å². The zero-order valence-corrected chi connectivity index (χ0v) is 16.0. The first-order valence-corrected chi connectivity index (χ1v) is 9.44. The van der Waals surface area contributed by atoms with Gasteiger partial charge in [0, 0.05) is 6.54 Å². The van der Waals surface area contributed by atoms with Gasteiger partial charge in [-0.1, -0.05) is 60.7 Å². The van der Waals surface area contributed by atoms with Crippen LogP contribution < -0.4 is 5.73 Å². The van der Waals surface area contributed by atoms with Gasteiger partial charge >= 0.3 is 5.97 Å². The number of hydrogen-bond acceptors (Lipinski definition) is 6. The normalized spacial score (nSPS) is 24.2. The van der Waals surface area contributed by atoms with Crippen LogP contribution in [0, 0.1) is 0 Å². The number of ether oxygens (including phenoxy) is 4. The molecule has 0 spiro atoms. The molecule has 4 atom stereocenters. The van der Waals surface area contributed by atoms with Gasteiger partial charge in [-0.25, -0.2) is 0 Å². The highest BCUT2D eigenvalue weighted by Gasteiger charge is 2.46. The number of methoxy groups -OCH3 is 1. The zero-order chi connectivity index (χ0) is 19.8. The second-order valence-electron chi connectivity index (χ2n) is 6.75. The highest BCUT2D eigenvalue weighted by Crippen LogP contribution is 2.30. The standard InChI is InChI=1S/C22H27NO5/c1-25-20(24)12-18-21(26-14-16-8-4-2-5-9-16)22(19(13-23)28-18)27-15-17-10-6-3-7-11-17/h2-11,18-19,21-22H,12-15,23H2,1H3/t18-,19+,21+,22+/m1/s1. The van der Waals surface area contributed by atoms with Gasteiger partial charge in [0.2, 0.25) is 0 Å². The van der Waals surface area contributed by atoms with E-state index in [9.17, 15) is 4.79 Å². The molecule has 0 radical (unpaired) electrons. The van der Waals surface area contributed by atoms with Gasteiger partial charge in [0.1, 0.15) is 12.2 Å². The maximum atomic E-state index is 11.8. The highest BCUT2D eigenvalue weighted by atomic mass is 16.6. The molecule has 2 aromatic rings. The van der Waals surface area contributed by atoms with Crippen molar-refractivity contribution in [3.63, 3.8) is 0 Å². The van der Waals surface area contributed by atoms with E-state index >= 15 is 0 Å². The first-order chi connectivity index (χ1) is 13.7. The van der Waals surface area contributed by atoms with Gasteiger partial charge in [0.25, 0.3) is 0 Å². The van der Waals surface area contributed by atoms with Crippen LogP contribution in [0.1, 0.15) is 17.5 Å². The number of carbonyl (C=O) groups excluding carboxylic acids is 1. The molecule has 150 valence electrons. The fourth-order valence-corrected chi connectivity index (χ4v) is 3.34. The van der Waals surface area contributed by atoms with Crippen LogP contribution in [0.3, 0.4) is 0 Å². The molecule has 0 bridgehead atoms. The minimum atomic E-state index is -0.467. The Bertz CT molecular complexity index is 724. The third-order valence-electron chi connectivity index (χ3n) is 4.80. The maximum Gasteiger partial charge on any atom is 0.308 e. The zero-order valence-electron chi connectivity index (χ0n) is 16.0. The molecule has 0 unspecified atom stereocenters. The third kappa shape index (κ3) is 5.39. The fourth-order valence-electron chi connectivity index (χ4n) is 3.34. The van der Waals surface area contributed by atoms with E-state index in [-0.39, 0.29) is 31.1 Å². The molecule has 0 amide bonds. The first kappa shape index (κ1) is 20.5. The van der Waals surface area contributed by atoms with E-state index in [0.717, 1.165) is 11.1 Å². The Labute approximate surface area is 165 Å². The minimum absolute atomic E-state index is 0.0949. The van der Waals surface area contributed by atoms with Crippen molar-refractivity contribution in [2.24, 2.45) is 5.73 Å². The topological polar surface area (TPSA) is 80.0 Å². The number of hydrogen-bond donors (Lipinski definition) is 1. The monoisotopic (exact) mass is 385 g/mol. The average Bonchev–Trinajstić information content (AvgIpc) is 3.08. The molecule has 2 N–H and O–H groups in total.